The second kappa shape index (κ2) is 7.30. The fourth-order valence-corrected chi connectivity index (χ4v) is 1.89. The molecule has 0 saturated heterocycles. The summed E-state index contributed by atoms with van der Waals surface area (Å²) in [5.41, 5.74) is 1.70. The number of halogens is 1. The van der Waals surface area contributed by atoms with Gasteiger partial charge in [-0.1, -0.05) is 19.1 Å². The average molecular weight is 284 g/mol. The maximum atomic E-state index is 13.7. The van der Waals surface area contributed by atoms with E-state index in [-0.39, 0.29) is 0 Å². The Labute approximate surface area is 124 Å². The smallest absolute Gasteiger partial charge is 0.147 e. The molecule has 0 aliphatic carbocycles. The second-order valence-corrected chi connectivity index (χ2v) is 4.66. The molecule has 2 aromatic rings. The van der Waals surface area contributed by atoms with Gasteiger partial charge in [0, 0.05) is 6.54 Å². The van der Waals surface area contributed by atoms with Gasteiger partial charge in [-0.15, -0.1) is 0 Å². The number of nitriles is 1. The van der Waals surface area contributed by atoms with Crippen LogP contribution >= 0.6 is 0 Å². The molecule has 0 amide bonds. The van der Waals surface area contributed by atoms with Crippen molar-refractivity contribution < 1.29 is 9.13 Å². The highest BCUT2D eigenvalue weighted by Gasteiger charge is 2.04. The van der Waals surface area contributed by atoms with Gasteiger partial charge in [-0.05, 0) is 42.3 Å². The summed E-state index contributed by atoms with van der Waals surface area (Å²) >= 11 is 0. The molecule has 0 radical (unpaired) electrons. The Hall–Kier alpha value is -2.54. The van der Waals surface area contributed by atoms with Crippen LogP contribution in [-0.4, -0.2) is 6.61 Å². The number of rotatable bonds is 6. The summed E-state index contributed by atoms with van der Waals surface area (Å²) < 4.78 is 19.3. The van der Waals surface area contributed by atoms with Gasteiger partial charge in [-0.3, -0.25) is 0 Å². The molecule has 1 N–H and O–H groups in total. The van der Waals surface area contributed by atoms with Crippen LogP contribution in [0.25, 0.3) is 0 Å². The molecule has 21 heavy (non-hydrogen) atoms. The minimum absolute atomic E-state index is 0.313. The lowest BCUT2D eigenvalue weighted by Crippen LogP contribution is -2.02. The zero-order valence-electron chi connectivity index (χ0n) is 11.9. The molecule has 0 fully saturated rings. The van der Waals surface area contributed by atoms with E-state index in [1.54, 1.807) is 12.1 Å². The van der Waals surface area contributed by atoms with Gasteiger partial charge in [0.25, 0.3) is 0 Å². The molecule has 0 saturated carbocycles. The molecule has 0 heterocycles. The van der Waals surface area contributed by atoms with Crippen LogP contribution in [0.15, 0.2) is 42.5 Å². The van der Waals surface area contributed by atoms with Gasteiger partial charge in [0.2, 0.25) is 0 Å². The molecule has 4 heteroatoms. The first-order valence-electron chi connectivity index (χ1n) is 6.88. The Balaban J connectivity index is 2.01. The molecule has 0 aliphatic rings. The van der Waals surface area contributed by atoms with Crippen LogP contribution in [0.1, 0.15) is 24.5 Å². The number of hydrogen-bond acceptors (Lipinski definition) is 3. The molecule has 0 spiro atoms. The Bertz CT molecular complexity index is 649. The summed E-state index contributed by atoms with van der Waals surface area (Å²) in [7, 11) is 0. The van der Waals surface area contributed by atoms with E-state index in [2.05, 4.69) is 12.2 Å². The lowest BCUT2D eigenvalue weighted by Gasteiger charge is -2.10. The van der Waals surface area contributed by atoms with Crippen molar-refractivity contribution in [3.8, 4) is 11.8 Å². The highest BCUT2D eigenvalue weighted by atomic mass is 19.1. The maximum absolute atomic E-state index is 13.7. The van der Waals surface area contributed by atoms with Crippen molar-refractivity contribution in [3.63, 3.8) is 0 Å². The molecule has 3 nitrogen and oxygen atoms in total. The summed E-state index contributed by atoms with van der Waals surface area (Å²) in [5.74, 6) is 0.392. The third kappa shape index (κ3) is 4.22. The van der Waals surface area contributed by atoms with Crippen molar-refractivity contribution in [1.82, 2.24) is 0 Å². The van der Waals surface area contributed by atoms with E-state index in [4.69, 9.17) is 10.00 Å². The van der Waals surface area contributed by atoms with Crippen molar-refractivity contribution in [2.75, 3.05) is 11.9 Å². The normalized spacial score (nSPS) is 9.95. The van der Waals surface area contributed by atoms with Crippen molar-refractivity contribution in [2.24, 2.45) is 0 Å². The predicted octanol–water partition coefficient (Wildman–Crippen LogP) is 4.10. The van der Waals surface area contributed by atoms with Crippen LogP contribution in [0, 0.1) is 17.1 Å². The van der Waals surface area contributed by atoms with Crippen molar-refractivity contribution in [2.45, 2.75) is 19.9 Å². The van der Waals surface area contributed by atoms with E-state index >= 15 is 0 Å². The highest BCUT2D eigenvalue weighted by molar-refractivity contribution is 5.49. The topological polar surface area (TPSA) is 45.0 Å². The zero-order chi connectivity index (χ0) is 15.1. The van der Waals surface area contributed by atoms with E-state index < -0.39 is 5.82 Å². The van der Waals surface area contributed by atoms with Crippen LogP contribution in [0.4, 0.5) is 10.1 Å². The fraction of sp³-hybridized carbons (Fsp3) is 0.235. The van der Waals surface area contributed by atoms with Gasteiger partial charge in [0.15, 0.2) is 0 Å². The molecule has 2 aromatic carbocycles. The molecular formula is C17H17FN2O. The molecule has 108 valence electrons. The van der Waals surface area contributed by atoms with Crippen LogP contribution in [-0.2, 0) is 6.54 Å². The number of benzene rings is 2. The predicted molar refractivity (Wildman–Crippen MR) is 80.7 cm³/mol. The molecule has 0 atom stereocenters. The van der Waals surface area contributed by atoms with Crippen LogP contribution in [0.5, 0.6) is 5.75 Å². The third-order valence-electron chi connectivity index (χ3n) is 2.95. The molecule has 0 aromatic heterocycles. The van der Waals surface area contributed by atoms with E-state index in [0.717, 1.165) is 17.7 Å². The summed E-state index contributed by atoms with van der Waals surface area (Å²) in [6.45, 7) is 3.23. The Morgan fingerprint density at radius 3 is 2.81 bits per heavy atom. The maximum Gasteiger partial charge on any atom is 0.147 e. The van der Waals surface area contributed by atoms with E-state index in [1.165, 1.54) is 6.07 Å². The van der Waals surface area contributed by atoms with E-state index in [0.29, 0.717) is 24.4 Å². The van der Waals surface area contributed by atoms with Gasteiger partial charge in [-0.2, -0.15) is 5.26 Å². The van der Waals surface area contributed by atoms with Gasteiger partial charge in [0.1, 0.15) is 11.6 Å². The monoisotopic (exact) mass is 284 g/mol. The standard InChI is InChI=1S/C17H17FN2O/c1-2-8-21-15-5-3-4-14(9-15)12-20-17-7-6-13(11-19)10-16(17)18/h3-7,9-10,20H,2,8,12H2,1H3. The van der Waals surface area contributed by atoms with Gasteiger partial charge < -0.3 is 10.1 Å². The summed E-state index contributed by atoms with van der Waals surface area (Å²) in [6.07, 6.45) is 0.957. The average Bonchev–Trinajstić information content (AvgIpc) is 2.52. The lowest BCUT2D eigenvalue weighted by molar-refractivity contribution is 0.317. The highest BCUT2D eigenvalue weighted by Crippen LogP contribution is 2.18. The molecule has 0 bridgehead atoms. The summed E-state index contributed by atoms with van der Waals surface area (Å²) in [6, 6.07) is 14.0. The van der Waals surface area contributed by atoms with E-state index in [9.17, 15) is 4.39 Å². The van der Waals surface area contributed by atoms with Gasteiger partial charge >= 0.3 is 0 Å². The Morgan fingerprint density at radius 1 is 1.24 bits per heavy atom. The van der Waals surface area contributed by atoms with Crippen molar-refractivity contribution in [1.29, 1.82) is 5.26 Å². The number of anilines is 1. The molecular weight excluding hydrogens is 267 g/mol. The molecule has 2 rings (SSSR count). The van der Waals surface area contributed by atoms with Gasteiger partial charge in [0.05, 0.1) is 23.9 Å². The van der Waals surface area contributed by atoms with E-state index in [1.807, 2.05) is 30.3 Å². The van der Waals surface area contributed by atoms with Crippen LogP contribution in [0.2, 0.25) is 0 Å². The van der Waals surface area contributed by atoms with Crippen molar-refractivity contribution >= 4 is 5.69 Å². The summed E-state index contributed by atoms with van der Waals surface area (Å²) in [5, 5.41) is 11.7. The quantitative estimate of drug-likeness (QED) is 0.868. The van der Waals surface area contributed by atoms with Crippen LogP contribution in [0.3, 0.4) is 0 Å². The Morgan fingerprint density at radius 2 is 2.10 bits per heavy atom. The largest absolute Gasteiger partial charge is 0.494 e. The Kier molecular flexibility index (Phi) is 5.16. The lowest BCUT2D eigenvalue weighted by atomic mass is 10.2. The fourth-order valence-electron chi connectivity index (χ4n) is 1.89. The second-order valence-electron chi connectivity index (χ2n) is 4.66. The SMILES string of the molecule is CCCOc1cccc(CNc2ccc(C#N)cc2F)c1. The number of ether oxygens (including phenoxy) is 1. The first kappa shape index (κ1) is 14.9. The molecule has 0 unspecified atom stereocenters. The number of hydrogen-bond donors (Lipinski definition) is 1. The summed E-state index contributed by atoms with van der Waals surface area (Å²) in [4.78, 5) is 0. The zero-order valence-corrected chi connectivity index (χ0v) is 11.9. The van der Waals surface area contributed by atoms with Crippen LogP contribution < -0.4 is 10.1 Å². The third-order valence-corrected chi connectivity index (χ3v) is 2.95. The first-order chi connectivity index (χ1) is 10.2. The number of nitrogens with one attached hydrogen (secondary N) is 1. The minimum atomic E-state index is -0.424. The van der Waals surface area contributed by atoms with Gasteiger partial charge in [-0.25, -0.2) is 4.39 Å². The first-order valence-corrected chi connectivity index (χ1v) is 6.88. The molecule has 0 aliphatic heterocycles. The van der Waals surface area contributed by atoms with Crippen molar-refractivity contribution in [3.05, 3.63) is 59.4 Å². The minimum Gasteiger partial charge on any atom is -0.494 e. The number of nitrogens with zero attached hydrogens (tertiary/aromatic N) is 1.